The van der Waals surface area contributed by atoms with Crippen LogP contribution in [0, 0.1) is 5.92 Å². The van der Waals surface area contributed by atoms with Crippen LogP contribution in [0.5, 0.6) is 0 Å². The second-order valence-corrected chi connectivity index (χ2v) is 3.67. The van der Waals surface area contributed by atoms with Crippen molar-refractivity contribution >= 4 is 0 Å². The highest BCUT2D eigenvalue weighted by Crippen LogP contribution is 2.49. The van der Waals surface area contributed by atoms with E-state index in [1.165, 1.54) is 5.56 Å². The molecule has 3 atom stereocenters. The van der Waals surface area contributed by atoms with Gasteiger partial charge in [0.1, 0.15) is 0 Å². The first kappa shape index (κ1) is 8.73. The molecule has 2 nitrogen and oxygen atoms in total. The maximum atomic E-state index is 9.38. The Morgan fingerprint density at radius 2 is 2.00 bits per heavy atom. The molecule has 0 heterocycles. The van der Waals surface area contributed by atoms with Crippen molar-refractivity contribution in [2.45, 2.75) is 18.4 Å². The normalized spacial score (nSPS) is 28.5. The lowest BCUT2D eigenvalue weighted by molar-refractivity contribution is 0.0764. The van der Waals surface area contributed by atoms with Crippen LogP contribution in [-0.2, 0) is 0 Å². The Morgan fingerprint density at radius 1 is 1.31 bits per heavy atom. The van der Waals surface area contributed by atoms with Crippen molar-refractivity contribution in [3.8, 4) is 0 Å². The van der Waals surface area contributed by atoms with Crippen molar-refractivity contribution in [1.82, 2.24) is 0 Å². The van der Waals surface area contributed by atoms with Crippen LogP contribution < -0.4 is 0 Å². The van der Waals surface area contributed by atoms with E-state index in [0.717, 1.165) is 6.42 Å². The zero-order valence-electron chi connectivity index (χ0n) is 7.43. The second kappa shape index (κ2) is 3.48. The number of benzene rings is 1. The summed E-state index contributed by atoms with van der Waals surface area (Å²) in [5.74, 6) is 0.732. The van der Waals surface area contributed by atoms with Gasteiger partial charge >= 0.3 is 0 Å². The number of aliphatic hydroxyl groups is 2. The highest BCUT2D eigenvalue weighted by molar-refractivity contribution is 5.26. The molecule has 13 heavy (non-hydrogen) atoms. The van der Waals surface area contributed by atoms with E-state index in [2.05, 4.69) is 12.1 Å². The Hall–Kier alpha value is -0.860. The number of aliphatic hydroxyl groups excluding tert-OH is 2. The SMILES string of the molecule is OC[C@@H](O)[C@H]1C[C@@H]1c1ccccc1. The summed E-state index contributed by atoms with van der Waals surface area (Å²) >= 11 is 0. The molecule has 0 amide bonds. The van der Waals surface area contributed by atoms with Crippen LogP contribution in [0.3, 0.4) is 0 Å². The smallest absolute Gasteiger partial charge is 0.0805 e. The first-order valence-electron chi connectivity index (χ1n) is 4.67. The standard InChI is InChI=1S/C11H14O2/c12-7-11(13)10-6-9(10)8-4-2-1-3-5-8/h1-5,9-13H,6-7H2/t9-,10+,11-/m1/s1. The van der Waals surface area contributed by atoms with E-state index >= 15 is 0 Å². The first-order chi connectivity index (χ1) is 6.33. The van der Waals surface area contributed by atoms with Gasteiger partial charge in [-0.15, -0.1) is 0 Å². The Bertz CT molecular complexity index is 271. The molecule has 0 saturated heterocycles. The number of rotatable bonds is 3. The molecule has 1 aromatic carbocycles. The quantitative estimate of drug-likeness (QED) is 0.728. The molecule has 1 saturated carbocycles. The lowest BCUT2D eigenvalue weighted by atomic mass is 10.1. The van der Waals surface area contributed by atoms with Crippen LogP contribution in [0.1, 0.15) is 17.9 Å². The third kappa shape index (κ3) is 1.74. The van der Waals surface area contributed by atoms with E-state index in [4.69, 9.17) is 5.11 Å². The summed E-state index contributed by atoms with van der Waals surface area (Å²) in [6.07, 6.45) is 0.469. The topological polar surface area (TPSA) is 40.5 Å². The lowest BCUT2D eigenvalue weighted by Crippen LogP contribution is -2.15. The van der Waals surface area contributed by atoms with Crippen molar-refractivity contribution < 1.29 is 10.2 Å². The van der Waals surface area contributed by atoms with Gasteiger partial charge in [0, 0.05) is 0 Å². The van der Waals surface area contributed by atoms with Gasteiger partial charge in [-0.3, -0.25) is 0 Å². The molecule has 1 aliphatic rings. The molecule has 2 N–H and O–H groups in total. The summed E-state index contributed by atoms with van der Waals surface area (Å²) in [6, 6.07) is 10.2. The molecule has 2 rings (SSSR count). The van der Waals surface area contributed by atoms with Crippen molar-refractivity contribution in [2.24, 2.45) is 5.92 Å². The fourth-order valence-electron chi connectivity index (χ4n) is 1.86. The average Bonchev–Trinajstić information content (AvgIpc) is 2.98. The Labute approximate surface area is 77.8 Å². The zero-order valence-corrected chi connectivity index (χ0v) is 7.43. The molecule has 0 bridgehead atoms. The number of hydrogen-bond donors (Lipinski definition) is 2. The van der Waals surface area contributed by atoms with Crippen molar-refractivity contribution in [3.63, 3.8) is 0 Å². The zero-order chi connectivity index (χ0) is 9.26. The minimum atomic E-state index is -0.537. The molecular weight excluding hydrogens is 164 g/mol. The Kier molecular flexibility index (Phi) is 2.34. The Morgan fingerprint density at radius 3 is 2.62 bits per heavy atom. The molecule has 0 aromatic heterocycles. The predicted molar refractivity (Wildman–Crippen MR) is 50.4 cm³/mol. The minimum Gasteiger partial charge on any atom is -0.394 e. The first-order valence-corrected chi connectivity index (χ1v) is 4.67. The predicted octanol–water partition coefficient (Wildman–Crippen LogP) is 1.14. The maximum absolute atomic E-state index is 9.38. The van der Waals surface area contributed by atoms with Crippen LogP contribution in [0.25, 0.3) is 0 Å². The fraction of sp³-hybridized carbons (Fsp3) is 0.455. The van der Waals surface area contributed by atoms with E-state index in [1.807, 2.05) is 18.2 Å². The molecule has 0 radical (unpaired) electrons. The van der Waals surface area contributed by atoms with Gasteiger partial charge in [-0.25, -0.2) is 0 Å². The van der Waals surface area contributed by atoms with Crippen LogP contribution >= 0.6 is 0 Å². The molecule has 2 heteroatoms. The van der Waals surface area contributed by atoms with Gasteiger partial charge in [0.25, 0.3) is 0 Å². The van der Waals surface area contributed by atoms with Gasteiger partial charge in [-0.1, -0.05) is 30.3 Å². The summed E-state index contributed by atoms with van der Waals surface area (Å²) in [5.41, 5.74) is 1.28. The van der Waals surface area contributed by atoms with Gasteiger partial charge in [0.05, 0.1) is 12.7 Å². The van der Waals surface area contributed by atoms with Crippen molar-refractivity contribution in [1.29, 1.82) is 0 Å². The van der Waals surface area contributed by atoms with Crippen LogP contribution in [0.15, 0.2) is 30.3 Å². The molecule has 0 aliphatic heterocycles. The molecule has 1 fully saturated rings. The minimum absolute atomic E-state index is 0.117. The van der Waals surface area contributed by atoms with Crippen LogP contribution in [0.2, 0.25) is 0 Å². The third-order valence-electron chi connectivity index (χ3n) is 2.75. The maximum Gasteiger partial charge on any atom is 0.0805 e. The molecule has 1 aliphatic carbocycles. The lowest BCUT2D eigenvalue weighted by Gasteiger charge is -2.05. The van der Waals surface area contributed by atoms with Crippen LogP contribution in [-0.4, -0.2) is 22.9 Å². The molecule has 1 aromatic rings. The second-order valence-electron chi connectivity index (χ2n) is 3.67. The average molecular weight is 178 g/mol. The molecule has 0 spiro atoms. The summed E-state index contributed by atoms with van der Waals surface area (Å²) in [6.45, 7) is -0.117. The van der Waals surface area contributed by atoms with Gasteiger partial charge in [-0.05, 0) is 23.8 Å². The monoisotopic (exact) mass is 178 g/mol. The van der Waals surface area contributed by atoms with Gasteiger partial charge in [0.15, 0.2) is 0 Å². The van der Waals surface area contributed by atoms with E-state index in [-0.39, 0.29) is 12.5 Å². The highest BCUT2D eigenvalue weighted by atomic mass is 16.3. The van der Waals surface area contributed by atoms with Crippen molar-refractivity contribution in [2.75, 3.05) is 6.61 Å². The van der Waals surface area contributed by atoms with E-state index < -0.39 is 6.10 Å². The third-order valence-corrected chi connectivity index (χ3v) is 2.75. The van der Waals surface area contributed by atoms with Gasteiger partial charge in [-0.2, -0.15) is 0 Å². The Balaban J connectivity index is 2.00. The summed E-state index contributed by atoms with van der Waals surface area (Å²) in [7, 11) is 0. The van der Waals surface area contributed by atoms with Gasteiger partial charge < -0.3 is 10.2 Å². The van der Waals surface area contributed by atoms with E-state index in [0.29, 0.717) is 5.92 Å². The molecular formula is C11H14O2. The number of hydrogen-bond acceptors (Lipinski definition) is 2. The van der Waals surface area contributed by atoms with Gasteiger partial charge in [0.2, 0.25) is 0 Å². The summed E-state index contributed by atoms with van der Waals surface area (Å²) in [4.78, 5) is 0. The largest absolute Gasteiger partial charge is 0.394 e. The summed E-state index contributed by atoms with van der Waals surface area (Å²) < 4.78 is 0. The van der Waals surface area contributed by atoms with E-state index in [1.54, 1.807) is 0 Å². The van der Waals surface area contributed by atoms with Crippen LogP contribution in [0.4, 0.5) is 0 Å². The fourth-order valence-corrected chi connectivity index (χ4v) is 1.86. The highest BCUT2D eigenvalue weighted by Gasteiger charge is 2.42. The molecule has 70 valence electrons. The molecule has 0 unspecified atom stereocenters. The van der Waals surface area contributed by atoms with Crippen molar-refractivity contribution in [3.05, 3.63) is 35.9 Å². The summed E-state index contributed by atoms with van der Waals surface area (Å²) in [5, 5.41) is 18.1. The van der Waals surface area contributed by atoms with E-state index in [9.17, 15) is 5.11 Å².